The van der Waals surface area contributed by atoms with E-state index in [2.05, 4.69) is 18.7 Å². The zero-order chi connectivity index (χ0) is 12.1. The number of hydrogen-bond donors (Lipinski definition) is 1. The molecular formula is C12H25N3O. The van der Waals surface area contributed by atoms with Crippen molar-refractivity contribution in [2.24, 2.45) is 5.73 Å². The number of amides is 1. The summed E-state index contributed by atoms with van der Waals surface area (Å²) in [5.74, 6) is 0.263. The van der Waals surface area contributed by atoms with Gasteiger partial charge in [0.2, 0.25) is 5.91 Å². The Balaban J connectivity index is 2.78. The Kier molecular flexibility index (Phi) is 5.22. The average Bonchev–Trinajstić information content (AvgIpc) is 2.36. The molecule has 1 aliphatic rings. The van der Waals surface area contributed by atoms with Gasteiger partial charge in [0, 0.05) is 19.1 Å². The highest BCUT2D eigenvalue weighted by Gasteiger charge is 2.32. The molecule has 0 saturated carbocycles. The quantitative estimate of drug-likeness (QED) is 0.768. The summed E-state index contributed by atoms with van der Waals surface area (Å²) in [5.41, 5.74) is 5.60. The number of carbonyl (C=O) groups excluding carboxylic acids is 1. The summed E-state index contributed by atoms with van der Waals surface area (Å²) in [6, 6.07) is 0.441. The molecule has 0 radical (unpaired) electrons. The number of hydrogen-bond acceptors (Lipinski definition) is 3. The Morgan fingerprint density at radius 3 is 2.75 bits per heavy atom. The van der Waals surface area contributed by atoms with Gasteiger partial charge in [0.25, 0.3) is 0 Å². The van der Waals surface area contributed by atoms with E-state index in [1.54, 1.807) is 0 Å². The fraction of sp³-hybridized carbons (Fsp3) is 0.917. The average molecular weight is 227 g/mol. The van der Waals surface area contributed by atoms with Crippen molar-refractivity contribution in [3.05, 3.63) is 0 Å². The van der Waals surface area contributed by atoms with Crippen LogP contribution in [-0.4, -0.2) is 54.5 Å². The third-order valence-corrected chi connectivity index (χ3v) is 3.53. The molecule has 1 amide bonds. The minimum Gasteiger partial charge on any atom is -0.341 e. The van der Waals surface area contributed by atoms with Crippen molar-refractivity contribution in [1.82, 2.24) is 9.80 Å². The van der Waals surface area contributed by atoms with Crippen molar-refractivity contribution in [1.29, 1.82) is 0 Å². The Bertz CT molecular complexity index is 232. The van der Waals surface area contributed by atoms with Gasteiger partial charge in [-0.05, 0) is 39.8 Å². The number of nitrogens with zero attached hydrogens (tertiary/aromatic N) is 2. The van der Waals surface area contributed by atoms with E-state index in [9.17, 15) is 4.79 Å². The van der Waals surface area contributed by atoms with Crippen LogP contribution in [0.5, 0.6) is 0 Å². The topological polar surface area (TPSA) is 49.6 Å². The van der Waals surface area contributed by atoms with Crippen LogP contribution in [0.2, 0.25) is 0 Å². The van der Waals surface area contributed by atoms with Gasteiger partial charge >= 0.3 is 0 Å². The van der Waals surface area contributed by atoms with Crippen molar-refractivity contribution in [3.8, 4) is 0 Å². The molecule has 94 valence electrons. The van der Waals surface area contributed by atoms with Crippen LogP contribution in [0.4, 0.5) is 0 Å². The second kappa shape index (κ2) is 6.21. The number of rotatable bonds is 4. The lowest BCUT2D eigenvalue weighted by molar-refractivity contribution is -0.135. The van der Waals surface area contributed by atoms with Crippen LogP contribution in [0, 0.1) is 0 Å². The first kappa shape index (κ1) is 13.5. The number of likely N-dealkylation sites (N-methyl/N-ethyl adjacent to an activating group) is 1. The van der Waals surface area contributed by atoms with Gasteiger partial charge in [0.05, 0.1) is 6.04 Å². The zero-order valence-corrected chi connectivity index (χ0v) is 10.8. The highest BCUT2D eigenvalue weighted by atomic mass is 16.2. The maximum absolute atomic E-state index is 12.3. The normalized spacial score (nSPS) is 28.2. The van der Waals surface area contributed by atoms with Crippen molar-refractivity contribution in [3.63, 3.8) is 0 Å². The molecule has 1 aliphatic heterocycles. The van der Waals surface area contributed by atoms with E-state index in [0.717, 1.165) is 32.4 Å². The number of nitrogens with two attached hydrogens (primary N) is 1. The van der Waals surface area contributed by atoms with Crippen LogP contribution in [0.25, 0.3) is 0 Å². The van der Waals surface area contributed by atoms with Crippen molar-refractivity contribution in [2.45, 2.75) is 45.2 Å². The molecule has 2 unspecified atom stereocenters. The van der Waals surface area contributed by atoms with Crippen LogP contribution >= 0.6 is 0 Å². The Morgan fingerprint density at radius 2 is 2.19 bits per heavy atom. The third-order valence-electron chi connectivity index (χ3n) is 3.53. The minimum absolute atomic E-state index is 0.0194. The molecule has 0 aliphatic carbocycles. The van der Waals surface area contributed by atoms with E-state index in [0.29, 0.717) is 12.6 Å². The number of carbonyl (C=O) groups is 1. The van der Waals surface area contributed by atoms with Crippen molar-refractivity contribution < 1.29 is 4.79 Å². The zero-order valence-electron chi connectivity index (χ0n) is 10.8. The highest BCUT2D eigenvalue weighted by molar-refractivity contribution is 5.82. The van der Waals surface area contributed by atoms with Gasteiger partial charge in [-0.2, -0.15) is 0 Å². The lowest BCUT2D eigenvalue weighted by Crippen LogP contribution is -2.47. The summed E-state index contributed by atoms with van der Waals surface area (Å²) >= 11 is 0. The summed E-state index contributed by atoms with van der Waals surface area (Å²) < 4.78 is 0. The van der Waals surface area contributed by atoms with E-state index >= 15 is 0 Å². The summed E-state index contributed by atoms with van der Waals surface area (Å²) in [6.07, 6.45) is 2.85. The molecule has 4 nitrogen and oxygen atoms in total. The molecule has 0 spiro atoms. The van der Waals surface area contributed by atoms with Gasteiger partial charge in [0.15, 0.2) is 0 Å². The molecule has 1 rings (SSSR count). The van der Waals surface area contributed by atoms with Gasteiger partial charge in [-0.3, -0.25) is 9.69 Å². The van der Waals surface area contributed by atoms with Crippen molar-refractivity contribution in [2.75, 3.05) is 26.7 Å². The van der Waals surface area contributed by atoms with Gasteiger partial charge in [-0.1, -0.05) is 6.92 Å². The summed E-state index contributed by atoms with van der Waals surface area (Å²) in [6.45, 7) is 6.64. The fourth-order valence-electron chi connectivity index (χ4n) is 2.33. The first-order chi connectivity index (χ1) is 7.61. The molecule has 1 fully saturated rings. The van der Waals surface area contributed by atoms with E-state index in [1.165, 1.54) is 0 Å². The van der Waals surface area contributed by atoms with E-state index in [-0.39, 0.29) is 11.9 Å². The molecule has 0 bridgehead atoms. The summed E-state index contributed by atoms with van der Waals surface area (Å²) in [4.78, 5) is 16.5. The van der Waals surface area contributed by atoms with E-state index < -0.39 is 0 Å². The van der Waals surface area contributed by atoms with Gasteiger partial charge in [-0.15, -0.1) is 0 Å². The third kappa shape index (κ3) is 2.95. The van der Waals surface area contributed by atoms with E-state index in [1.807, 2.05) is 11.9 Å². The monoisotopic (exact) mass is 227 g/mol. The molecule has 0 aromatic carbocycles. The standard InChI is InChI=1S/C12H25N3O/c1-4-8-15-9-6-10(2)14(3)11(5-7-13)12(15)16/h10-11H,4-9,13H2,1-3H3. The van der Waals surface area contributed by atoms with Crippen LogP contribution < -0.4 is 5.73 Å². The molecule has 4 heteroatoms. The van der Waals surface area contributed by atoms with Crippen LogP contribution in [0.3, 0.4) is 0 Å². The van der Waals surface area contributed by atoms with Crippen LogP contribution in [0.15, 0.2) is 0 Å². The Hall–Kier alpha value is -0.610. The van der Waals surface area contributed by atoms with Gasteiger partial charge < -0.3 is 10.6 Å². The second-order valence-electron chi connectivity index (χ2n) is 4.72. The predicted molar refractivity (Wildman–Crippen MR) is 66.2 cm³/mol. The lowest BCUT2D eigenvalue weighted by atomic mass is 10.1. The van der Waals surface area contributed by atoms with Crippen LogP contribution in [-0.2, 0) is 4.79 Å². The first-order valence-corrected chi connectivity index (χ1v) is 6.32. The maximum Gasteiger partial charge on any atom is 0.239 e. The van der Waals surface area contributed by atoms with Crippen molar-refractivity contribution >= 4 is 5.91 Å². The molecule has 1 heterocycles. The largest absolute Gasteiger partial charge is 0.341 e. The summed E-state index contributed by atoms with van der Waals surface area (Å²) in [7, 11) is 2.04. The molecule has 16 heavy (non-hydrogen) atoms. The predicted octanol–water partition coefficient (Wildman–Crippen LogP) is 0.666. The van der Waals surface area contributed by atoms with Crippen LogP contribution in [0.1, 0.15) is 33.1 Å². The molecule has 2 N–H and O–H groups in total. The summed E-state index contributed by atoms with van der Waals surface area (Å²) in [5, 5.41) is 0. The van der Waals surface area contributed by atoms with Gasteiger partial charge in [-0.25, -0.2) is 0 Å². The minimum atomic E-state index is -0.0194. The molecule has 2 atom stereocenters. The highest BCUT2D eigenvalue weighted by Crippen LogP contribution is 2.17. The molecule has 0 aromatic heterocycles. The SMILES string of the molecule is CCCN1CCC(C)N(C)C(CCN)C1=O. The Morgan fingerprint density at radius 1 is 1.50 bits per heavy atom. The second-order valence-corrected chi connectivity index (χ2v) is 4.72. The smallest absolute Gasteiger partial charge is 0.239 e. The fourth-order valence-corrected chi connectivity index (χ4v) is 2.33. The molecule has 1 saturated heterocycles. The lowest BCUT2D eigenvalue weighted by Gasteiger charge is -2.30. The van der Waals surface area contributed by atoms with E-state index in [4.69, 9.17) is 5.73 Å². The Labute approximate surface area is 98.8 Å². The molecular weight excluding hydrogens is 202 g/mol. The van der Waals surface area contributed by atoms with Gasteiger partial charge in [0.1, 0.15) is 0 Å². The maximum atomic E-state index is 12.3. The molecule has 0 aromatic rings. The first-order valence-electron chi connectivity index (χ1n) is 6.32.